The van der Waals surface area contributed by atoms with Crippen molar-refractivity contribution in [2.24, 2.45) is 11.5 Å². The van der Waals surface area contributed by atoms with Crippen molar-refractivity contribution in [3.05, 3.63) is 0 Å². The molecule has 3 unspecified atom stereocenters. The van der Waals surface area contributed by atoms with Crippen molar-refractivity contribution < 1.29 is 65.4 Å². The minimum Gasteiger partial charge on any atom is -0.440 e. The summed E-state index contributed by atoms with van der Waals surface area (Å²) in [6, 6.07) is 0. The Bertz CT molecular complexity index is 707. The number of phosphoric ester groups is 2. The van der Waals surface area contributed by atoms with Crippen LogP contribution in [-0.4, -0.2) is 77.2 Å². The third-order valence-electron chi connectivity index (χ3n) is 3.07. The quantitative estimate of drug-likeness (QED) is 0.156. The van der Waals surface area contributed by atoms with Gasteiger partial charge in [-0.25, -0.2) is 18.5 Å². The monoisotopic (exact) mass is 489 g/mol. The SMILES string of the molecule is COP(=O)(O)OP(=O)(O)OP(=O)(O)OC[C@H]1O[C@@H](N)[C@@H](O)[C@H]1OC(=O)NCCN. The van der Waals surface area contributed by atoms with E-state index < -0.39 is 60.7 Å². The molecule has 0 aromatic rings. The van der Waals surface area contributed by atoms with Crippen LogP contribution in [0.15, 0.2) is 0 Å². The van der Waals surface area contributed by atoms with E-state index in [-0.39, 0.29) is 13.1 Å². The summed E-state index contributed by atoms with van der Waals surface area (Å²) in [6.45, 7) is -0.769. The molecule has 1 saturated heterocycles. The number of nitrogens with two attached hydrogens (primary N) is 2. The molecule has 0 aliphatic carbocycles. The molecule has 0 saturated carbocycles. The fourth-order valence-electron chi connectivity index (χ4n) is 1.89. The minimum atomic E-state index is -5.59. The molecule has 0 aromatic heterocycles. The van der Waals surface area contributed by atoms with Gasteiger partial charge >= 0.3 is 29.6 Å². The van der Waals surface area contributed by atoms with Crippen molar-refractivity contribution in [3.8, 4) is 0 Å². The summed E-state index contributed by atoms with van der Waals surface area (Å²) in [7, 11) is -15.4. The van der Waals surface area contributed by atoms with Gasteiger partial charge in [0.15, 0.2) is 6.10 Å². The van der Waals surface area contributed by atoms with Gasteiger partial charge in [0.1, 0.15) is 18.4 Å². The molecule has 17 nitrogen and oxygen atoms in total. The Labute approximate surface area is 164 Å². The normalized spacial score (nSPS) is 30.7. The molecular weight excluding hydrogens is 467 g/mol. The number of aliphatic hydroxyl groups is 1. The van der Waals surface area contributed by atoms with Crippen molar-refractivity contribution in [2.75, 3.05) is 26.8 Å². The molecule has 1 rings (SSSR count). The second-order valence-electron chi connectivity index (χ2n) is 5.26. The van der Waals surface area contributed by atoms with E-state index in [1.54, 1.807) is 0 Å². The number of aliphatic hydroxyl groups excluding tert-OH is 1. The van der Waals surface area contributed by atoms with Crippen molar-refractivity contribution in [1.82, 2.24) is 5.32 Å². The van der Waals surface area contributed by atoms with Crippen molar-refractivity contribution >= 4 is 29.6 Å². The third-order valence-corrected chi connectivity index (χ3v) is 7.31. The molecule has 0 bridgehead atoms. The maximum Gasteiger partial charge on any atom is 0.490 e. The first-order chi connectivity index (χ1) is 13.2. The molecule has 1 aliphatic rings. The number of nitrogens with one attached hydrogen (secondary N) is 1. The fourth-order valence-corrected chi connectivity index (χ4v) is 5.15. The highest BCUT2D eigenvalue weighted by Gasteiger charge is 2.47. The van der Waals surface area contributed by atoms with Crippen LogP contribution >= 0.6 is 23.5 Å². The second-order valence-corrected chi connectivity index (χ2v) is 10.0. The molecule has 1 heterocycles. The van der Waals surface area contributed by atoms with E-state index in [9.17, 15) is 33.4 Å². The van der Waals surface area contributed by atoms with Gasteiger partial charge in [0.2, 0.25) is 0 Å². The van der Waals surface area contributed by atoms with Crippen LogP contribution in [0.2, 0.25) is 0 Å². The highest BCUT2D eigenvalue weighted by atomic mass is 31.3. The number of carbonyl (C=O) groups is 1. The lowest BCUT2D eigenvalue weighted by Gasteiger charge is -2.22. The van der Waals surface area contributed by atoms with Crippen LogP contribution in [0.1, 0.15) is 0 Å². The van der Waals surface area contributed by atoms with Gasteiger partial charge in [-0.3, -0.25) is 9.05 Å². The highest BCUT2D eigenvalue weighted by Crippen LogP contribution is 2.67. The first-order valence-electron chi connectivity index (χ1n) is 7.57. The number of ether oxygens (including phenoxy) is 2. The number of hydrogen-bond acceptors (Lipinski definition) is 13. The number of amides is 1. The van der Waals surface area contributed by atoms with E-state index in [1.165, 1.54) is 0 Å². The molecule has 0 spiro atoms. The molecular formula is C9H22N3O14P3. The number of phosphoric acid groups is 3. The van der Waals surface area contributed by atoms with E-state index in [0.717, 1.165) is 0 Å². The highest BCUT2D eigenvalue weighted by molar-refractivity contribution is 7.66. The Balaban J connectivity index is 2.72. The summed E-state index contributed by atoms with van der Waals surface area (Å²) in [5, 5.41) is 12.1. The number of rotatable bonds is 11. The summed E-state index contributed by atoms with van der Waals surface area (Å²) in [6.07, 6.45) is -6.75. The van der Waals surface area contributed by atoms with Gasteiger partial charge < -0.3 is 46.0 Å². The molecule has 172 valence electrons. The molecule has 20 heteroatoms. The summed E-state index contributed by atoms with van der Waals surface area (Å²) in [4.78, 5) is 39.3. The molecule has 29 heavy (non-hydrogen) atoms. The van der Waals surface area contributed by atoms with Gasteiger partial charge in [-0.2, -0.15) is 8.62 Å². The summed E-state index contributed by atoms with van der Waals surface area (Å²) < 4.78 is 60.2. The number of carbonyl (C=O) groups excluding carboxylic acids is 1. The minimum absolute atomic E-state index is 0.0530. The maximum atomic E-state index is 11.8. The van der Waals surface area contributed by atoms with Gasteiger partial charge in [0, 0.05) is 20.2 Å². The van der Waals surface area contributed by atoms with Gasteiger partial charge in [0.25, 0.3) is 0 Å². The van der Waals surface area contributed by atoms with Gasteiger partial charge in [-0.05, 0) is 0 Å². The Kier molecular flexibility index (Phi) is 9.80. The number of hydrogen-bond donors (Lipinski definition) is 7. The third kappa shape index (κ3) is 9.04. The zero-order valence-corrected chi connectivity index (χ0v) is 17.5. The first-order valence-corrected chi connectivity index (χ1v) is 12.1. The van der Waals surface area contributed by atoms with Crippen LogP contribution in [0, 0.1) is 0 Å². The van der Waals surface area contributed by atoms with E-state index >= 15 is 0 Å². The number of alkyl carbamates (subject to hydrolysis) is 1. The van der Waals surface area contributed by atoms with Crippen LogP contribution in [0.3, 0.4) is 0 Å². The standard InChI is InChI=1S/C9H22N3O14P3/c1-21-27(15,16)25-29(19,20)26-28(17,18)22-4-5-7(6(13)8(11)23-5)24-9(14)12-3-2-10/h5-8,13H,2-4,10-11H2,1H3,(H,12,14)(H,15,16)(H,17,18)(H,19,20)/t5-,6+,7+,8-/m1/s1. The molecule has 7 atom stereocenters. The van der Waals surface area contributed by atoms with E-state index in [0.29, 0.717) is 7.11 Å². The topological polar surface area (TPSA) is 269 Å². The molecule has 0 aromatic carbocycles. The predicted octanol–water partition coefficient (Wildman–Crippen LogP) is -1.92. The molecule has 1 aliphatic heterocycles. The summed E-state index contributed by atoms with van der Waals surface area (Å²) >= 11 is 0. The largest absolute Gasteiger partial charge is 0.490 e. The molecule has 0 radical (unpaired) electrons. The lowest BCUT2D eigenvalue weighted by atomic mass is 10.1. The fraction of sp³-hybridized carbons (Fsp3) is 0.889. The van der Waals surface area contributed by atoms with Gasteiger partial charge in [-0.15, -0.1) is 0 Å². The van der Waals surface area contributed by atoms with Crippen LogP contribution < -0.4 is 16.8 Å². The van der Waals surface area contributed by atoms with Crippen LogP contribution in [0.25, 0.3) is 0 Å². The van der Waals surface area contributed by atoms with E-state index in [4.69, 9.17) is 25.8 Å². The average Bonchev–Trinajstić information content (AvgIpc) is 2.84. The second kappa shape index (κ2) is 10.7. The van der Waals surface area contributed by atoms with Crippen molar-refractivity contribution in [1.29, 1.82) is 0 Å². The molecule has 9 N–H and O–H groups in total. The first kappa shape index (κ1) is 26.6. The lowest BCUT2D eigenvalue weighted by Crippen LogP contribution is -2.43. The zero-order chi connectivity index (χ0) is 22.5. The Morgan fingerprint density at radius 2 is 1.72 bits per heavy atom. The average molecular weight is 489 g/mol. The Morgan fingerprint density at radius 3 is 2.28 bits per heavy atom. The maximum absolute atomic E-state index is 11.8. The Hall–Kier alpha value is -0.480. The van der Waals surface area contributed by atoms with Gasteiger partial charge in [-0.1, -0.05) is 0 Å². The van der Waals surface area contributed by atoms with Crippen LogP contribution in [-0.2, 0) is 40.8 Å². The van der Waals surface area contributed by atoms with Crippen molar-refractivity contribution in [3.63, 3.8) is 0 Å². The lowest BCUT2D eigenvalue weighted by molar-refractivity contribution is -0.0249. The van der Waals surface area contributed by atoms with Gasteiger partial charge in [0.05, 0.1) is 6.61 Å². The van der Waals surface area contributed by atoms with E-state index in [2.05, 4.69) is 23.0 Å². The summed E-state index contributed by atoms with van der Waals surface area (Å²) in [5.41, 5.74) is 10.7. The van der Waals surface area contributed by atoms with E-state index in [1.807, 2.05) is 0 Å². The Morgan fingerprint density at radius 1 is 1.14 bits per heavy atom. The zero-order valence-electron chi connectivity index (χ0n) is 14.8. The van der Waals surface area contributed by atoms with Crippen molar-refractivity contribution in [2.45, 2.75) is 24.5 Å². The molecule has 1 fully saturated rings. The summed E-state index contributed by atoms with van der Waals surface area (Å²) in [5.74, 6) is 0. The smallest absolute Gasteiger partial charge is 0.440 e. The van der Waals surface area contributed by atoms with Crippen LogP contribution in [0.5, 0.6) is 0 Å². The van der Waals surface area contributed by atoms with Crippen LogP contribution in [0.4, 0.5) is 4.79 Å². The molecule has 1 amide bonds. The predicted molar refractivity (Wildman–Crippen MR) is 90.8 cm³/mol.